The summed E-state index contributed by atoms with van der Waals surface area (Å²) in [5.74, 6) is -3.01. The van der Waals surface area contributed by atoms with Crippen molar-refractivity contribution < 1.29 is 19.8 Å². The number of carbonyl (C=O) groups is 2. The Morgan fingerprint density at radius 1 is 1.27 bits per heavy atom. The van der Waals surface area contributed by atoms with Gasteiger partial charge in [-0.3, -0.25) is 9.59 Å². The fourth-order valence-electron chi connectivity index (χ4n) is 3.03. The van der Waals surface area contributed by atoms with E-state index in [0.717, 1.165) is 12.8 Å². The molecule has 3 aliphatic carbocycles. The van der Waals surface area contributed by atoms with Gasteiger partial charge in [0.1, 0.15) is 0 Å². The van der Waals surface area contributed by atoms with Crippen LogP contribution in [-0.2, 0) is 9.59 Å². The third-order valence-corrected chi connectivity index (χ3v) is 3.97. The van der Waals surface area contributed by atoms with Crippen LogP contribution in [0.4, 0.5) is 0 Å². The molecule has 3 aliphatic rings. The lowest BCUT2D eigenvalue weighted by atomic mass is 9.54. The Balaban J connectivity index is 2.47. The highest BCUT2D eigenvalue weighted by molar-refractivity contribution is 5.85. The maximum Gasteiger partial charge on any atom is 0.310 e. The van der Waals surface area contributed by atoms with Crippen molar-refractivity contribution in [3.63, 3.8) is 0 Å². The van der Waals surface area contributed by atoms with Crippen molar-refractivity contribution in [3.8, 4) is 0 Å². The van der Waals surface area contributed by atoms with E-state index >= 15 is 0 Å². The fraction of sp³-hybridized carbons (Fsp3) is 0.636. The summed E-state index contributed by atoms with van der Waals surface area (Å²) in [7, 11) is 0. The number of hydrogen-bond acceptors (Lipinski definition) is 2. The zero-order valence-electron chi connectivity index (χ0n) is 8.51. The number of rotatable bonds is 2. The van der Waals surface area contributed by atoms with Gasteiger partial charge in [-0.05, 0) is 31.6 Å². The third kappa shape index (κ3) is 1.20. The van der Waals surface area contributed by atoms with Crippen molar-refractivity contribution in [1.29, 1.82) is 0 Å². The van der Waals surface area contributed by atoms with Crippen molar-refractivity contribution in [3.05, 3.63) is 12.2 Å². The average molecular weight is 210 g/mol. The van der Waals surface area contributed by atoms with Gasteiger partial charge in [-0.1, -0.05) is 12.2 Å². The van der Waals surface area contributed by atoms with Crippen LogP contribution in [0, 0.1) is 23.2 Å². The van der Waals surface area contributed by atoms with E-state index in [9.17, 15) is 14.7 Å². The van der Waals surface area contributed by atoms with Crippen LogP contribution in [0.15, 0.2) is 12.2 Å². The number of hydrogen-bond donors (Lipinski definition) is 2. The van der Waals surface area contributed by atoms with Crippen LogP contribution in [0.3, 0.4) is 0 Å². The molecule has 0 spiro atoms. The summed E-state index contributed by atoms with van der Waals surface area (Å²) in [6, 6.07) is 0. The van der Waals surface area contributed by atoms with E-state index in [1.807, 2.05) is 12.2 Å². The van der Waals surface area contributed by atoms with E-state index < -0.39 is 23.3 Å². The molecule has 0 aromatic rings. The van der Waals surface area contributed by atoms with E-state index in [2.05, 4.69) is 0 Å². The van der Waals surface area contributed by atoms with Crippen molar-refractivity contribution in [2.45, 2.75) is 19.8 Å². The molecule has 2 bridgehead atoms. The molecule has 0 aromatic carbocycles. The molecular weight excluding hydrogens is 196 g/mol. The zero-order chi connectivity index (χ0) is 11.2. The minimum atomic E-state index is -1.14. The smallest absolute Gasteiger partial charge is 0.310 e. The Bertz CT molecular complexity index is 346. The van der Waals surface area contributed by atoms with Gasteiger partial charge in [0.2, 0.25) is 0 Å². The highest BCUT2D eigenvalue weighted by Crippen LogP contribution is 2.53. The molecule has 15 heavy (non-hydrogen) atoms. The summed E-state index contributed by atoms with van der Waals surface area (Å²) in [5, 5.41) is 18.4. The molecule has 0 heterocycles. The molecule has 4 nitrogen and oxygen atoms in total. The standard InChI is InChI=1S/C11H14O4/c1-11(10(14)15)7-4-2-6(3-5-7)8(11)9(12)13/h2,4,6-8H,3,5H2,1H3,(H,12,13)(H,14,15). The van der Waals surface area contributed by atoms with Crippen LogP contribution >= 0.6 is 0 Å². The van der Waals surface area contributed by atoms with E-state index in [4.69, 9.17) is 5.11 Å². The Hall–Kier alpha value is -1.32. The molecule has 0 saturated heterocycles. The van der Waals surface area contributed by atoms with Crippen molar-refractivity contribution in [2.75, 3.05) is 0 Å². The Kier molecular flexibility index (Phi) is 2.10. The molecule has 1 fully saturated rings. The van der Waals surface area contributed by atoms with E-state index in [1.165, 1.54) is 0 Å². The van der Waals surface area contributed by atoms with E-state index in [1.54, 1.807) is 6.92 Å². The lowest BCUT2D eigenvalue weighted by Gasteiger charge is -2.47. The number of allylic oxidation sites excluding steroid dienone is 2. The van der Waals surface area contributed by atoms with Crippen LogP contribution < -0.4 is 0 Å². The quantitative estimate of drug-likeness (QED) is 0.675. The molecular formula is C11H14O4. The van der Waals surface area contributed by atoms with Crippen LogP contribution in [-0.4, -0.2) is 22.2 Å². The van der Waals surface area contributed by atoms with Crippen LogP contribution in [0.25, 0.3) is 0 Å². The Labute approximate surface area is 87.6 Å². The SMILES string of the molecule is CC1(C(=O)O)C2C=CC(CC2)C1C(=O)O. The molecule has 2 N–H and O–H groups in total. The minimum Gasteiger partial charge on any atom is -0.481 e. The molecule has 4 heteroatoms. The van der Waals surface area contributed by atoms with Crippen LogP contribution in [0.5, 0.6) is 0 Å². The first kappa shape index (κ1) is 10.2. The lowest BCUT2D eigenvalue weighted by Crippen LogP contribution is -2.53. The highest BCUT2D eigenvalue weighted by Gasteiger charge is 2.57. The third-order valence-electron chi connectivity index (χ3n) is 3.97. The van der Waals surface area contributed by atoms with Gasteiger partial charge >= 0.3 is 11.9 Å². The number of aliphatic carboxylic acids is 2. The van der Waals surface area contributed by atoms with E-state index in [0.29, 0.717) is 0 Å². The largest absolute Gasteiger partial charge is 0.481 e. The fourth-order valence-corrected chi connectivity index (χ4v) is 3.03. The van der Waals surface area contributed by atoms with E-state index in [-0.39, 0.29) is 11.8 Å². The zero-order valence-corrected chi connectivity index (χ0v) is 8.51. The number of fused-ring (bicyclic) bond motifs is 2. The van der Waals surface area contributed by atoms with Gasteiger partial charge in [0, 0.05) is 0 Å². The van der Waals surface area contributed by atoms with Crippen molar-refractivity contribution in [1.82, 2.24) is 0 Å². The summed E-state index contributed by atoms with van der Waals surface area (Å²) in [4.78, 5) is 22.5. The Morgan fingerprint density at radius 3 is 2.27 bits per heavy atom. The summed E-state index contributed by atoms with van der Waals surface area (Å²) < 4.78 is 0. The minimum absolute atomic E-state index is 0.117. The van der Waals surface area contributed by atoms with Crippen molar-refractivity contribution in [2.24, 2.45) is 23.2 Å². The molecule has 0 aliphatic heterocycles. The summed E-state index contributed by atoms with van der Waals surface area (Å²) >= 11 is 0. The molecule has 4 atom stereocenters. The Morgan fingerprint density at radius 2 is 1.93 bits per heavy atom. The van der Waals surface area contributed by atoms with Crippen molar-refractivity contribution >= 4 is 11.9 Å². The number of carboxylic acid groups (broad SMARTS) is 2. The first-order chi connectivity index (χ1) is 6.98. The molecule has 4 unspecified atom stereocenters. The van der Waals surface area contributed by atoms with Crippen LogP contribution in [0.2, 0.25) is 0 Å². The predicted molar refractivity (Wildman–Crippen MR) is 52.2 cm³/mol. The van der Waals surface area contributed by atoms with Gasteiger partial charge < -0.3 is 10.2 Å². The maximum absolute atomic E-state index is 11.3. The maximum atomic E-state index is 11.3. The van der Waals surface area contributed by atoms with Gasteiger partial charge in [-0.25, -0.2) is 0 Å². The normalized spacial score (nSPS) is 42.9. The highest BCUT2D eigenvalue weighted by atomic mass is 16.4. The van der Waals surface area contributed by atoms with Gasteiger partial charge in [0.15, 0.2) is 0 Å². The summed E-state index contributed by atoms with van der Waals surface area (Å²) in [6.07, 6.45) is 5.33. The second kappa shape index (κ2) is 3.08. The molecule has 0 aromatic heterocycles. The summed E-state index contributed by atoms with van der Waals surface area (Å²) in [5.41, 5.74) is -1.14. The number of carboxylic acids is 2. The predicted octanol–water partition coefficient (Wildman–Crippen LogP) is 1.37. The monoisotopic (exact) mass is 210 g/mol. The molecule has 0 amide bonds. The summed E-state index contributed by atoms with van der Waals surface area (Å²) in [6.45, 7) is 1.56. The van der Waals surface area contributed by atoms with Gasteiger partial charge in [-0.2, -0.15) is 0 Å². The second-order valence-corrected chi connectivity index (χ2v) is 4.64. The lowest BCUT2D eigenvalue weighted by molar-refractivity contribution is -0.171. The molecule has 1 saturated carbocycles. The van der Waals surface area contributed by atoms with Gasteiger partial charge in [-0.15, -0.1) is 0 Å². The first-order valence-corrected chi connectivity index (χ1v) is 5.12. The topological polar surface area (TPSA) is 74.6 Å². The van der Waals surface area contributed by atoms with Gasteiger partial charge in [0.05, 0.1) is 11.3 Å². The molecule has 3 rings (SSSR count). The molecule has 82 valence electrons. The first-order valence-electron chi connectivity index (χ1n) is 5.12. The second-order valence-electron chi connectivity index (χ2n) is 4.64. The van der Waals surface area contributed by atoms with Gasteiger partial charge in [0.25, 0.3) is 0 Å². The molecule has 0 radical (unpaired) electrons. The average Bonchev–Trinajstić information content (AvgIpc) is 2.18. The van der Waals surface area contributed by atoms with Crippen LogP contribution in [0.1, 0.15) is 19.8 Å².